The number of halogens is 2. The molecule has 1 nitrogen and oxygen atoms in total. The van der Waals surface area contributed by atoms with E-state index >= 15 is 0 Å². The molecule has 0 saturated carbocycles. The molecule has 9 heavy (non-hydrogen) atoms. The lowest BCUT2D eigenvalue weighted by atomic mass is 11.3. The highest BCUT2D eigenvalue weighted by Crippen LogP contribution is 2.25. The first-order chi connectivity index (χ1) is 4.20. The van der Waals surface area contributed by atoms with Crippen LogP contribution in [-0.2, 0) is 0 Å². The average molecular weight is 169 g/mol. The highest BCUT2D eigenvalue weighted by molar-refractivity contribution is 6.35. The predicted octanol–water partition coefficient (Wildman–Crippen LogP) is 2.70. The first-order valence-electron chi connectivity index (χ1n) is 2.34. The minimum atomic E-state index is 0.0565. The Morgan fingerprint density at radius 3 is 2.33 bits per heavy atom. The van der Waals surface area contributed by atoms with E-state index in [4.69, 9.17) is 28.3 Å². The lowest BCUT2D eigenvalue weighted by molar-refractivity contribution is 0.475. The van der Waals surface area contributed by atoms with E-state index in [1.807, 2.05) is 0 Å². The standard InChI is InChI=1S/C6H4Cl2O/c7-4-1-2-6(9)5(8)3-4/h1-3,9H/i1+1,2+1,3+1,4+1,5+1,6+1. The SMILES string of the molecule is O[13c]1[13cH][13cH][13c](Cl)[13cH][13c]1Cl. The van der Waals surface area contributed by atoms with Crippen LogP contribution in [-0.4, -0.2) is 5.11 Å². The monoisotopic (exact) mass is 168 g/mol. The van der Waals surface area contributed by atoms with Gasteiger partial charge in [-0.3, -0.25) is 0 Å². The van der Waals surface area contributed by atoms with Gasteiger partial charge in [-0.1, -0.05) is 23.2 Å². The van der Waals surface area contributed by atoms with Crippen LogP contribution in [0.2, 0.25) is 10.0 Å². The van der Waals surface area contributed by atoms with Crippen LogP contribution in [0.25, 0.3) is 0 Å². The van der Waals surface area contributed by atoms with Crippen molar-refractivity contribution in [3.05, 3.63) is 28.2 Å². The third-order valence-corrected chi connectivity index (χ3v) is 1.45. The van der Waals surface area contributed by atoms with Gasteiger partial charge in [0.05, 0.1) is 5.02 Å². The van der Waals surface area contributed by atoms with E-state index in [0.29, 0.717) is 5.02 Å². The number of hydrogen-bond acceptors (Lipinski definition) is 1. The fraction of sp³-hybridized carbons (Fsp3) is 0. The minimum Gasteiger partial charge on any atom is -0.506 e. The summed E-state index contributed by atoms with van der Waals surface area (Å²) in [4.78, 5) is 0. The Bertz CT molecular complexity index is 222. The molecule has 0 radical (unpaired) electrons. The molecule has 0 unspecified atom stereocenters. The summed E-state index contributed by atoms with van der Waals surface area (Å²) in [6.07, 6.45) is 0. The zero-order valence-electron chi connectivity index (χ0n) is 4.44. The van der Waals surface area contributed by atoms with E-state index in [1.165, 1.54) is 12.1 Å². The van der Waals surface area contributed by atoms with Crippen LogP contribution in [0, 0.1) is 0 Å². The molecule has 1 rings (SSSR count). The highest BCUT2D eigenvalue weighted by Gasteiger charge is 1.95. The van der Waals surface area contributed by atoms with E-state index < -0.39 is 0 Å². The molecule has 0 aliphatic rings. The van der Waals surface area contributed by atoms with Gasteiger partial charge in [-0.15, -0.1) is 0 Å². The number of aromatic hydroxyl groups is 1. The van der Waals surface area contributed by atoms with Crippen molar-refractivity contribution in [1.29, 1.82) is 0 Å². The molecule has 0 spiro atoms. The van der Waals surface area contributed by atoms with Gasteiger partial charge in [0.15, 0.2) is 0 Å². The van der Waals surface area contributed by atoms with E-state index in [-0.39, 0.29) is 10.8 Å². The van der Waals surface area contributed by atoms with Crippen LogP contribution >= 0.6 is 23.2 Å². The van der Waals surface area contributed by atoms with E-state index in [9.17, 15) is 0 Å². The number of phenols is 1. The van der Waals surface area contributed by atoms with Crippen LogP contribution in [0.1, 0.15) is 0 Å². The molecular formula is C6H4Cl2O. The Balaban J connectivity index is 3.17. The van der Waals surface area contributed by atoms with E-state index in [0.717, 1.165) is 0 Å². The molecule has 0 aliphatic carbocycles. The summed E-state index contributed by atoms with van der Waals surface area (Å²) in [7, 11) is 0. The molecule has 0 aliphatic heterocycles. The molecule has 0 heterocycles. The third-order valence-electron chi connectivity index (χ3n) is 0.910. The Kier molecular flexibility index (Phi) is 1.84. The van der Waals surface area contributed by atoms with Crippen molar-refractivity contribution in [1.82, 2.24) is 0 Å². The van der Waals surface area contributed by atoms with Crippen molar-refractivity contribution in [3.63, 3.8) is 0 Å². The second-order valence-corrected chi connectivity index (χ2v) is 2.44. The smallest absolute Gasteiger partial charge is 0.134 e. The fourth-order valence-corrected chi connectivity index (χ4v) is 0.890. The summed E-state index contributed by atoms with van der Waals surface area (Å²) in [6, 6.07) is 4.51. The Morgan fingerprint density at radius 2 is 1.89 bits per heavy atom. The molecule has 1 N–H and O–H groups in total. The Morgan fingerprint density at radius 1 is 1.22 bits per heavy atom. The molecule has 0 fully saturated rings. The molecule has 0 aromatic heterocycles. The maximum absolute atomic E-state index is 8.85. The molecule has 1 aromatic rings. The first-order valence-corrected chi connectivity index (χ1v) is 3.10. The van der Waals surface area contributed by atoms with Crippen LogP contribution in [0.15, 0.2) is 18.2 Å². The van der Waals surface area contributed by atoms with Crippen LogP contribution in [0.4, 0.5) is 0 Å². The zero-order chi connectivity index (χ0) is 6.85. The summed E-state index contributed by atoms with van der Waals surface area (Å²) >= 11 is 11.0. The van der Waals surface area contributed by atoms with Gasteiger partial charge in [0.1, 0.15) is 5.75 Å². The fourth-order valence-electron chi connectivity index (χ4n) is 0.481. The van der Waals surface area contributed by atoms with Gasteiger partial charge in [-0.2, -0.15) is 0 Å². The number of hydrogen-bond donors (Lipinski definition) is 1. The van der Waals surface area contributed by atoms with Crippen LogP contribution in [0.5, 0.6) is 5.75 Å². The zero-order valence-corrected chi connectivity index (χ0v) is 5.95. The average Bonchev–Trinajstić information content (AvgIpc) is 1.80. The van der Waals surface area contributed by atoms with Crippen molar-refractivity contribution >= 4 is 23.2 Å². The summed E-state index contributed by atoms with van der Waals surface area (Å²) in [6.45, 7) is 0. The Hall–Kier alpha value is -0.400. The minimum absolute atomic E-state index is 0.0565. The summed E-state index contributed by atoms with van der Waals surface area (Å²) in [5.74, 6) is 0.0565. The molecule has 48 valence electrons. The first kappa shape index (κ1) is 6.72. The van der Waals surface area contributed by atoms with E-state index in [2.05, 4.69) is 0 Å². The molecule has 0 amide bonds. The Labute approximate surface area is 62.8 Å². The second-order valence-electron chi connectivity index (χ2n) is 1.60. The van der Waals surface area contributed by atoms with Gasteiger partial charge in [0, 0.05) is 5.02 Å². The number of benzene rings is 1. The van der Waals surface area contributed by atoms with Gasteiger partial charge < -0.3 is 5.11 Å². The molecule has 0 atom stereocenters. The van der Waals surface area contributed by atoms with Gasteiger partial charge >= 0.3 is 0 Å². The largest absolute Gasteiger partial charge is 0.506 e. The van der Waals surface area contributed by atoms with Crippen molar-refractivity contribution in [3.8, 4) is 5.75 Å². The molecule has 1 aromatic carbocycles. The number of phenolic OH excluding ortho intramolecular Hbond substituents is 1. The van der Waals surface area contributed by atoms with E-state index in [1.54, 1.807) is 6.07 Å². The maximum atomic E-state index is 8.85. The molecule has 3 heteroatoms. The maximum Gasteiger partial charge on any atom is 0.134 e. The predicted molar refractivity (Wildman–Crippen MR) is 38.1 cm³/mol. The van der Waals surface area contributed by atoms with Crippen molar-refractivity contribution in [2.75, 3.05) is 0 Å². The van der Waals surface area contributed by atoms with Crippen molar-refractivity contribution < 1.29 is 5.11 Å². The van der Waals surface area contributed by atoms with Crippen LogP contribution < -0.4 is 0 Å². The molecule has 0 saturated heterocycles. The normalized spacial score (nSPS) is 9.56. The topological polar surface area (TPSA) is 20.2 Å². The summed E-state index contributed by atoms with van der Waals surface area (Å²) < 4.78 is 0. The lowest BCUT2D eigenvalue weighted by Gasteiger charge is -1.93. The molecule has 0 bridgehead atoms. The van der Waals surface area contributed by atoms with Gasteiger partial charge in [-0.05, 0) is 18.2 Å². The highest BCUT2D eigenvalue weighted by atomic mass is 35.5. The van der Waals surface area contributed by atoms with Crippen molar-refractivity contribution in [2.24, 2.45) is 0 Å². The molecular weight excluding hydrogens is 165 g/mol. The third kappa shape index (κ3) is 1.50. The van der Waals surface area contributed by atoms with Crippen molar-refractivity contribution in [2.45, 2.75) is 0 Å². The summed E-state index contributed by atoms with van der Waals surface area (Å²) in [5, 5.41) is 9.66. The quantitative estimate of drug-likeness (QED) is 0.632. The second kappa shape index (κ2) is 2.46. The van der Waals surface area contributed by atoms with Gasteiger partial charge in [0.25, 0.3) is 0 Å². The lowest BCUT2D eigenvalue weighted by Crippen LogP contribution is -1.66. The summed E-state index contributed by atoms with van der Waals surface area (Å²) in [5.41, 5.74) is 0. The van der Waals surface area contributed by atoms with Gasteiger partial charge in [-0.25, -0.2) is 0 Å². The van der Waals surface area contributed by atoms with Crippen LogP contribution in [0.3, 0.4) is 0 Å². The number of rotatable bonds is 0. The van der Waals surface area contributed by atoms with Gasteiger partial charge in [0.2, 0.25) is 0 Å².